The summed E-state index contributed by atoms with van der Waals surface area (Å²) in [5.74, 6) is -1.06. The third-order valence-electron chi connectivity index (χ3n) is 2.31. The van der Waals surface area contributed by atoms with Crippen molar-refractivity contribution in [1.82, 2.24) is 15.1 Å². The highest BCUT2D eigenvalue weighted by Gasteiger charge is 2.13. The number of aromatic nitrogens is 2. The van der Waals surface area contributed by atoms with Gasteiger partial charge in [-0.05, 0) is 17.5 Å². The molecule has 100 valence electrons. The van der Waals surface area contributed by atoms with E-state index in [-0.39, 0.29) is 5.56 Å². The molecule has 2 aromatic rings. The van der Waals surface area contributed by atoms with E-state index in [0.29, 0.717) is 18.1 Å². The van der Waals surface area contributed by atoms with E-state index in [2.05, 4.69) is 15.7 Å². The molecule has 7 nitrogen and oxygen atoms in total. The van der Waals surface area contributed by atoms with Gasteiger partial charge in [-0.15, -0.1) is 11.3 Å². The molecule has 0 saturated carbocycles. The first-order valence-electron chi connectivity index (χ1n) is 5.50. The molecule has 0 aliphatic rings. The first-order chi connectivity index (χ1) is 9.16. The summed E-state index contributed by atoms with van der Waals surface area (Å²) in [5, 5.41) is 20.0. The smallest absolute Gasteiger partial charge is 0.338 e. The maximum atomic E-state index is 11.6. The van der Waals surface area contributed by atoms with Gasteiger partial charge in [0.05, 0.1) is 12.1 Å². The van der Waals surface area contributed by atoms with Crippen LogP contribution in [0.5, 0.6) is 0 Å². The Morgan fingerprint density at radius 3 is 3.00 bits per heavy atom. The largest absolute Gasteiger partial charge is 0.478 e. The van der Waals surface area contributed by atoms with Gasteiger partial charge in [-0.25, -0.2) is 9.59 Å². The number of carbonyl (C=O) groups excluding carboxylic acids is 1. The van der Waals surface area contributed by atoms with Crippen LogP contribution in [0.15, 0.2) is 29.9 Å². The molecule has 0 spiro atoms. The molecule has 3 N–H and O–H groups in total. The van der Waals surface area contributed by atoms with E-state index in [1.165, 1.54) is 17.4 Å². The number of nitrogens with zero attached hydrogens (tertiary/aromatic N) is 2. The number of thiophene rings is 1. The van der Waals surface area contributed by atoms with Crippen molar-refractivity contribution >= 4 is 28.3 Å². The number of nitrogens with one attached hydrogen (secondary N) is 2. The second-order valence-corrected chi connectivity index (χ2v) is 4.53. The van der Waals surface area contributed by atoms with Gasteiger partial charge in [-0.2, -0.15) is 5.10 Å². The zero-order chi connectivity index (χ0) is 13.7. The molecule has 0 saturated heterocycles. The SMILES string of the molecule is O=C(NCCn1cccn1)Nc1sccc1C(=O)O. The number of carboxylic acids is 1. The van der Waals surface area contributed by atoms with Crippen LogP contribution in [-0.4, -0.2) is 33.4 Å². The molecule has 2 amide bonds. The molecular formula is C11H12N4O3S. The van der Waals surface area contributed by atoms with E-state index < -0.39 is 12.0 Å². The van der Waals surface area contributed by atoms with Crippen LogP contribution in [0, 0.1) is 0 Å². The van der Waals surface area contributed by atoms with E-state index in [9.17, 15) is 9.59 Å². The molecule has 2 heterocycles. The molecule has 0 aliphatic heterocycles. The lowest BCUT2D eigenvalue weighted by molar-refractivity contribution is 0.0698. The Hall–Kier alpha value is -2.35. The summed E-state index contributed by atoms with van der Waals surface area (Å²) in [7, 11) is 0. The monoisotopic (exact) mass is 280 g/mol. The number of carbonyl (C=O) groups is 2. The van der Waals surface area contributed by atoms with Crippen LogP contribution in [0.1, 0.15) is 10.4 Å². The molecule has 0 unspecified atom stereocenters. The third kappa shape index (κ3) is 3.55. The van der Waals surface area contributed by atoms with Crippen LogP contribution in [0.25, 0.3) is 0 Å². The fourth-order valence-corrected chi connectivity index (χ4v) is 2.21. The van der Waals surface area contributed by atoms with Gasteiger partial charge in [0.1, 0.15) is 5.00 Å². The average molecular weight is 280 g/mol. The molecule has 2 aromatic heterocycles. The third-order valence-corrected chi connectivity index (χ3v) is 3.14. The quantitative estimate of drug-likeness (QED) is 0.772. The fraction of sp³-hybridized carbons (Fsp3) is 0.182. The zero-order valence-electron chi connectivity index (χ0n) is 9.87. The number of amides is 2. The molecule has 8 heteroatoms. The molecule has 0 fully saturated rings. The van der Waals surface area contributed by atoms with Gasteiger partial charge in [0, 0.05) is 18.9 Å². The lowest BCUT2D eigenvalue weighted by Crippen LogP contribution is -2.31. The molecule has 0 radical (unpaired) electrons. The maximum absolute atomic E-state index is 11.6. The Kier molecular flexibility index (Phi) is 4.14. The van der Waals surface area contributed by atoms with Gasteiger partial charge in [-0.1, -0.05) is 0 Å². The second kappa shape index (κ2) is 6.01. The van der Waals surface area contributed by atoms with Crippen LogP contribution in [0.3, 0.4) is 0 Å². The lowest BCUT2D eigenvalue weighted by atomic mass is 10.3. The molecule has 0 aliphatic carbocycles. The van der Waals surface area contributed by atoms with Crippen LogP contribution < -0.4 is 10.6 Å². The van der Waals surface area contributed by atoms with Crippen molar-refractivity contribution in [3.8, 4) is 0 Å². The van der Waals surface area contributed by atoms with Crippen molar-refractivity contribution in [3.63, 3.8) is 0 Å². The van der Waals surface area contributed by atoms with E-state index in [4.69, 9.17) is 5.11 Å². The minimum absolute atomic E-state index is 0.0900. The van der Waals surface area contributed by atoms with Crippen molar-refractivity contribution in [2.24, 2.45) is 0 Å². The summed E-state index contributed by atoms with van der Waals surface area (Å²) in [6.07, 6.45) is 3.45. The summed E-state index contributed by atoms with van der Waals surface area (Å²) in [6.45, 7) is 0.956. The van der Waals surface area contributed by atoms with Gasteiger partial charge >= 0.3 is 12.0 Å². The highest BCUT2D eigenvalue weighted by atomic mass is 32.1. The van der Waals surface area contributed by atoms with Crippen LogP contribution in [0.2, 0.25) is 0 Å². The standard InChI is InChI=1S/C11H12N4O3S/c16-10(17)8-2-7-19-9(8)14-11(18)12-4-6-15-5-1-3-13-15/h1-3,5,7H,4,6H2,(H,16,17)(H2,12,14,18). The minimum Gasteiger partial charge on any atom is -0.478 e. The van der Waals surface area contributed by atoms with Crippen molar-refractivity contribution < 1.29 is 14.7 Å². The van der Waals surface area contributed by atoms with E-state index in [0.717, 1.165) is 0 Å². The molecular weight excluding hydrogens is 268 g/mol. The molecule has 2 rings (SSSR count). The van der Waals surface area contributed by atoms with Crippen molar-refractivity contribution in [3.05, 3.63) is 35.5 Å². The van der Waals surface area contributed by atoms with Crippen molar-refractivity contribution in [2.75, 3.05) is 11.9 Å². The predicted octanol–water partition coefficient (Wildman–Crippen LogP) is 1.46. The summed E-state index contributed by atoms with van der Waals surface area (Å²) in [6, 6.07) is 2.81. The first kappa shape index (κ1) is 13.1. The Bertz CT molecular complexity index is 564. The van der Waals surface area contributed by atoms with Crippen LogP contribution >= 0.6 is 11.3 Å². The Balaban J connectivity index is 1.81. The number of aromatic carboxylic acids is 1. The number of anilines is 1. The fourth-order valence-electron chi connectivity index (χ4n) is 1.44. The number of urea groups is 1. The Labute approximate surface area is 112 Å². The number of rotatable bonds is 5. The predicted molar refractivity (Wildman–Crippen MR) is 70.5 cm³/mol. The summed E-state index contributed by atoms with van der Waals surface area (Å²) in [5.41, 5.74) is 0.0900. The van der Waals surface area contributed by atoms with Crippen molar-refractivity contribution in [1.29, 1.82) is 0 Å². The van der Waals surface area contributed by atoms with Gasteiger partial charge in [0.15, 0.2) is 0 Å². The highest BCUT2D eigenvalue weighted by molar-refractivity contribution is 7.14. The van der Waals surface area contributed by atoms with Gasteiger partial charge < -0.3 is 10.4 Å². The van der Waals surface area contributed by atoms with Gasteiger partial charge in [0.25, 0.3) is 0 Å². The molecule has 19 heavy (non-hydrogen) atoms. The van der Waals surface area contributed by atoms with Crippen molar-refractivity contribution in [2.45, 2.75) is 6.54 Å². The maximum Gasteiger partial charge on any atom is 0.338 e. The topological polar surface area (TPSA) is 96.3 Å². The summed E-state index contributed by atoms with van der Waals surface area (Å²) in [4.78, 5) is 22.4. The zero-order valence-corrected chi connectivity index (χ0v) is 10.7. The van der Waals surface area contributed by atoms with Crippen LogP contribution in [-0.2, 0) is 6.54 Å². The van der Waals surface area contributed by atoms with E-state index in [1.807, 2.05) is 0 Å². The van der Waals surface area contributed by atoms with E-state index in [1.54, 1.807) is 28.5 Å². The molecule has 0 aromatic carbocycles. The van der Waals surface area contributed by atoms with Gasteiger partial charge in [0.2, 0.25) is 0 Å². The highest BCUT2D eigenvalue weighted by Crippen LogP contribution is 2.22. The Morgan fingerprint density at radius 1 is 1.47 bits per heavy atom. The molecule has 0 atom stereocenters. The minimum atomic E-state index is -1.06. The summed E-state index contributed by atoms with van der Waals surface area (Å²) < 4.78 is 1.69. The Morgan fingerprint density at radius 2 is 2.32 bits per heavy atom. The lowest BCUT2D eigenvalue weighted by Gasteiger charge is -2.07. The summed E-state index contributed by atoms with van der Waals surface area (Å²) >= 11 is 1.17. The second-order valence-electron chi connectivity index (χ2n) is 3.62. The van der Waals surface area contributed by atoms with E-state index >= 15 is 0 Å². The number of hydrogen-bond donors (Lipinski definition) is 3. The number of carboxylic acid groups (broad SMARTS) is 1. The van der Waals surface area contributed by atoms with Gasteiger partial charge in [-0.3, -0.25) is 10.00 Å². The normalized spacial score (nSPS) is 10.1. The first-order valence-corrected chi connectivity index (χ1v) is 6.38. The van der Waals surface area contributed by atoms with Crippen LogP contribution in [0.4, 0.5) is 9.80 Å². The average Bonchev–Trinajstić information content (AvgIpc) is 2.99. The molecule has 0 bridgehead atoms. The number of hydrogen-bond acceptors (Lipinski definition) is 4.